The number of urea groups is 1. The van der Waals surface area contributed by atoms with Crippen LogP contribution in [0.15, 0.2) is 79.0 Å². The second-order valence-corrected chi connectivity index (χ2v) is 8.11. The lowest BCUT2D eigenvalue weighted by Crippen LogP contribution is -2.20. The van der Waals surface area contributed by atoms with Gasteiger partial charge in [0.15, 0.2) is 0 Å². The van der Waals surface area contributed by atoms with Crippen molar-refractivity contribution in [2.45, 2.75) is 6.92 Å². The number of hydrogen-bond acceptors (Lipinski definition) is 3. The molecule has 5 N–H and O–H groups in total. The fraction of sp³-hybridized carbons (Fsp3) is 0.0370. The van der Waals surface area contributed by atoms with E-state index in [1.807, 2.05) is 55.6 Å². The molecule has 3 amide bonds. The van der Waals surface area contributed by atoms with E-state index in [0.29, 0.717) is 16.9 Å². The van der Waals surface area contributed by atoms with Crippen LogP contribution in [0.5, 0.6) is 0 Å². The van der Waals surface area contributed by atoms with Crippen molar-refractivity contribution < 1.29 is 14.0 Å². The van der Waals surface area contributed by atoms with Gasteiger partial charge in [-0.2, -0.15) is 0 Å². The van der Waals surface area contributed by atoms with Crippen LogP contribution in [-0.2, 0) is 4.79 Å². The molecule has 0 atom stereocenters. The number of carbonyl (C=O) groups is 2. The van der Waals surface area contributed by atoms with Gasteiger partial charge in [0, 0.05) is 34.5 Å². The third-order valence-corrected chi connectivity index (χ3v) is 5.62. The molecule has 35 heavy (non-hydrogen) atoms. The minimum Gasteiger partial charge on any atom is -0.362 e. The molecular weight excluding hydrogens is 445 g/mol. The van der Waals surface area contributed by atoms with Crippen LogP contribution in [0.2, 0.25) is 0 Å². The number of hydrogen-bond donors (Lipinski definition) is 5. The number of halogens is 1. The molecule has 0 spiro atoms. The van der Waals surface area contributed by atoms with E-state index in [-0.39, 0.29) is 11.6 Å². The van der Waals surface area contributed by atoms with Crippen molar-refractivity contribution in [1.82, 2.24) is 4.98 Å². The summed E-state index contributed by atoms with van der Waals surface area (Å²) in [6.45, 7) is 1.94. The van der Waals surface area contributed by atoms with Crippen molar-refractivity contribution in [3.05, 3.63) is 102 Å². The number of para-hydroxylation sites is 1. The molecular formula is C27H22FN5O2. The first kappa shape index (κ1) is 22.0. The van der Waals surface area contributed by atoms with E-state index >= 15 is 0 Å². The lowest BCUT2D eigenvalue weighted by Gasteiger charge is -2.14. The molecule has 0 bridgehead atoms. The van der Waals surface area contributed by atoms with E-state index in [9.17, 15) is 14.0 Å². The molecule has 4 aromatic rings. The molecule has 2 heterocycles. The number of amides is 3. The summed E-state index contributed by atoms with van der Waals surface area (Å²) in [5, 5.41) is 11.5. The predicted octanol–water partition coefficient (Wildman–Crippen LogP) is 6.34. The standard InChI is InChI=1S/C27H22FN5O2/c1-16-8-9-19(31-27(35)33-23-7-3-2-6-22(23)28)14-24(16)30-18-10-11-20-21(13-17-5-4-12-29-17)26(34)32-25(20)15-18/h2-15,29-30H,1H3,(H,32,34)(H2,31,33,35). The maximum atomic E-state index is 13.8. The number of fused-ring (bicyclic) bond motifs is 1. The van der Waals surface area contributed by atoms with Crippen molar-refractivity contribution >= 4 is 52.0 Å². The first-order chi connectivity index (χ1) is 17.0. The monoisotopic (exact) mass is 467 g/mol. The number of benzene rings is 3. The van der Waals surface area contributed by atoms with E-state index in [1.54, 1.807) is 24.3 Å². The Balaban J connectivity index is 1.32. The lowest BCUT2D eigenvalue weighted by molar-refractivity contribution is -0.110. The van der Waals surface area contributed by atoms with Crippen LogP contribution in [0.25, 0.3) is 11.6 Å². The van der Waals surface area contributed by atoms with E-state index in [2.05, 4.69) is 26.3 Å². The molecule has 174 valence electrons. The van der Waals surface area contributed by atoms with Gasteiger partial charge in [-0.05, 0) is 67.1 Å². The second-order valence-electron chi connectivity index (χ2n) is 8.11. The zero-order valence-electron chi connectivity index (χ0n) is 18.8. The summed E-state index contributed by atoms with van der Waals surface area (Å²) in [5.74, 6) is -0.668. The van der Waals surface area contributed by atoms with Crippen molar-refractivity contribution in [3.8, 4) is 0 Å². The molecule has 0 saturated carbocycles. The average Bonchev–Trinajstić information content (AvgIpc) is 3.45. The topological polar surface area (TPSA) is 98.0 Å². The summed E-state index contributed by atoms with van der Waals surface area (Å²) < 4.78 is 13.8. The summed E-state index contributed by atoms with van der Waals surface area (Å²) in [6.07, 6.45) is 3.63. The predicted molar refractivity (Wildman–Crippen MR) is 137 cm³/mol. The Morgan fingerprint density at radius 3 is 2.54 bits per heavy atom. The normalized spacial score (nSPS) is 13.3. The third-order valence-electron chi connectivity index (χ3n) is 5.62. The summed E-state index contributed by atoms with van der Waals surface area (Å²) in [4.78, 5) is 27.9. The third kappa shape index (κ3) is 4.77. The quantitative estimate of drug-likeness (QED) is 0.221. The molecule has 1 aliphatic heterocycles. The molecule has 0 aliphatic carbocycles. The Hall–Kier alpha value is -4.85. The van der Waals surface area contributed by atoms with Crippen molar-refractivity contribution in [2.75, 3.05) is 21.3 Å². The lowest BCUT2D eigenvalue weighted by atomic mass is 10.1. The molecule has 0 unspecified atom stereocenters. The van der Waals surface area contributed by atoms with Gasteiger partial charge in [-0.15, -0.1) is 0 Å². The highest BCUT2D eigenvalue weighted by atomic mass is 19.1. The maximum Gasteiger partial charge on any atom is 0.323 e. The number of H-pyrrole nitrogens is 1. The molecule has 3 aromatic carbocycles. The summed E-state index contributed by atoms with van der Waals surface area (Å²) in [7, 11) is 0. The van der Waals surface area contributed by atoms with Crippen LogP contribution in [0.3, 0.4) is 0 Å². The second kappa shape index (κ2) is 9.18. The molecule has 1 aromatic heterocycles. The van der Waals surface area contributed by atoms with Crippen LogP contribution in [-0.4, -0.2) is 16.9 Å². The number of nitrogens with one attached hydrogen (secondary N) is 5. The van der Waals surface area contributed by atoms with Gasteiger partial charge in [-0.3, -0.25) is 4.79 Å². The van der Waals surface area contributed by atoms with E-state index < -0.39 is 11.8 Å². The highest BCUT2D eigenvalue weighted by molar-refractivity contribution is 6.35. The number of anilines is 5. The molecule has 0 fully saturated rings. The Morgan fingerprint density at radius 1 is 0.914 bits per heavy atom. The fourth-order valence-electron chi connectivity index (χ4n) is 3.84. The molecule has 1 aliphatic rings. The van der Waals surface area contributed by atoms with Gasteiger partial charge in [-0.25, -0.2) is 9.18 Å². The SMILES string of the molecule is Cc1ccc(NC(=O)Nc2ccccc2F)cc1Nc1ccc2c(c1)NC(=O)C2=Cc1ccc[nH]1. The average molecular weight is 468 g/mol. The summed E-state index contributed by atoms with van der Waals surface area (Å²) >= 11 is 0. The van der Waals surface area contributed by atoms with Gasteiger partial charge in [0.2, 0.25) is 0 Å². The van der Waals surface area contributed by atoms with Gasteiger partial charge < -0.3 is 26.3 Å². The Bertz CT molecular complexity index is 1460. The van der Waals surface area contributed by atoms with Gasteiger partial charge in [0.05, 0.1) is 16.9 Å². The van der Waals surface area contributed by atoms with Crippen molar-refractivity contribution in [3.63, 3.8) is 0 Å². The Morgan fingerprint density at radius 2 is 1.74 bits per heavy atom. The van der Waals surface area contributed by atoms with Gasteiger partial charge in [0.25, 0.3) is 5.91 Å². The van der Waals surface area contributed by atoms with Crippen molar-refractivity contribution in [2.24, 2.45) is 0 Å². The van der Waals surface area contributed by atoms with Crippen LogP contribution >= 0.6 is 0 Å². The zero-order chi connectivity index (χ0) is 24.4. The van der Waals surface area contributed by atoms with Crippen LogP contribution in [0, 0.1) is 12.7 Å². The van der Waals surface area contributed by atoms with E-state index in [1.165, 1.54) is 12.1 Å². The largest absolute Gasteiger partial charge is 0.362 e. The first-order valence-electron chi connectivity index (χ1n) is 11.0. The van der Waals surface area contributed by atoms with Gasteiger partial charge >= 0.3 is 6.03 Å². The van der Waals surface area contributed by atoms with Crippen LogP contribution < -0.4 is 21.3 Å². The molecule has 0 saturated heterocycles. The minimum atomic E-state index is -0.550. The highest BCUT2D eigenvalue weighted by Gasteiger charge is 2.24. The van der Waals surface area contributed by atoms with Gasteiger partial charge in [-0.1, -0.05) is 24.3 Å². The summed E-state index contributed by atoms with van der Waals surface area (Å²) in [5.41, 5.74) is 6.14. The number of rotatable bonds is 5. The zero-order valence-corrected chi connectivity index (χ0v) is 18.8. The molecule has 7 nitrogen and oxygen atoms in total. The summed E-state index contributed by atoms with van der Waals surface area (Å²) in [6, 6.07) is 20.3. The molecule has 8 heteroatoms. The van der Waals surface area contributed by atoms with E-state index in [0.717, 1.165) is 28.2 Å². The highest BCUT2D eigenvalue weighted by Crippen LogP contribution is 2.36. The van der Waals surface area contributed by atoms with Gasteiger partial charge in [0.1, 0.15) is 5.82 Å². The molecule has 0 radical (unpaired) electrons. The smallest absolute Gasteiger partial charge is 0.323 e. The number of aryl methyl sites for hydroxylation is 1. The fourth-order valence-corrected chi connectivity index (χ4v) is 3.84. The first-order valence-corrected chi connectivity index (χ1v) is 11.0. The minimum absolute atomic E-state index is 0.0975. The van der Waals surface area contributed by atoms with Crippen molar-refractivity contribution in [1.29, 1.82) is 0 Å². The van der Waals surface area contributed by atoms with Crippen LogP contribution in [0.1, 0.15) is 16.8 Å². The number of aromatic nitrogens is 1. The van der Waals surface area contributed by atoms with E-state index in [4.69, 9.17) is 0 Å². The Kier molecular flexibility index (Phi) is 5.76. The molecule has 5 rings (SSSR count). The maximum absolute atomic E-state index is 13.8. The Labute approximate surface area is 201 Å². The van der Waals surface area contributed by atoms with Crippen LogP contribution in [0.4, 0.5) is 37.6 Å². The number of carbonyl (C=O) groups excluding carboxylic acids is 2. The number of aromatic amines is 1.